The molecule has 0 radical (unpaired) electrons. The Morgan fingerprint density at radius 2 is 0.667 bits per heavy atom. The summed E-state index contributed by atoms with van der Waals surface area (Å²) in [7, 11) is 0. The van der Waals surface area contributed by atoms with E-state index >= 15 is 0 Å². The summed E-state index contributed by atoms with van der Waals surface area (Å²) in [5.41, 5.74) is 6.67. The van der Waals surface area contributed by atoms with Crippen LogP contribution in [0.4, 0.5) is 0 Å². The normalized spacial score (nSPS) is 10.1. The first-order valence-corrected chi connectivity index (χ1v) is 10.0. The summed E-state index contributed by atoms with van der Waals surface area (Å²) in [5, 5.41) is 0. The van der Waals surface area contributed by atoms with Gasteiger partial charge in [0.05, 0.1) is 0 Å². The van der Waals surface area contributed by atoms with Gasteiger partial charge in [-0.1, -0.05) is 147 Å². The van der Waals surface area contributed by atoms with E-state index in [2.05, 4.69) is 73.8 Å². The van der Waals surface area contributed by atoms with Gasteiger partial charge in [-0.05, 0) is 33.4 Å². The zero-order valence-electron chi connectivity index (χ0n) is 17.1. The summed E-state index contributed by atoms with van der Waals surface area (Å²) in [6.07, 6.45) is 4.24. The van der Waals surface area contributed by atoms with Crippen molar-refractivity contribution in [1.82, 2.24) is 0 Å². The van der Waals surface area contributed by atoms with Crippen molar-refractivity contribution in [2.24, 2.45) is 0 Å². The number of hydrogen-bond acceptors (Lipinski definition) is 0. The number of hydrogen-bond donors (Lipinski definition) is 0. The zero-order chi connectivity index (χ0) is 21.0. The predicted octanol–water partition coefficient (Wildman–Crippen LogP) is 8.27. The molecule has 0 saturated carbocycles. The lowest BCUT2D eigenvalue weighted by molar-refractivity contribution is 1.60. The van der Waals surface area contributed by atoms with Gasteiger partial charge < -0.3 is 0 Å². The average molecular weight is 387 g/mol. The Kier molecular flexibility index (Phi) is 7.77. The maximum Gasteiger partial charge on any atom is -0.0183 e. The van der Waals surface area contributed by atoms with Gasteiger partial charge in [0, 0.05) is 0 Å². The lowest BCUT2D eigenvalue weighted by atomic mass is 9.95. The third-order valence-electron chi connectivity index (χ3n) is 4.68. The highest BCUT2D eigenvalue weighted by atomic mass is 14.1. The van der Waals surface area contributed by atoms with E-state index in [0.29, 0.717) is 0 Å². The molecule has 4 rings (SSSR count). The number of rotatable bonds is 5. The van der Waals surface area contributed by atoms with Gasteiger partial charge in [0.25, 0.3) is 0 Å². The largest absolute Gasteiger partial charge is 0.0906 e. The number of allylic oxidation sites excluding steroid dienone is 2. The minimum Gasteiger partial charge on any atom is -0.0906 e. The second-order valence-electron chi connectivity index (χ2n) is 6.84. The summed E-state index contributed by atoms with van der Waals surface area (Å²) in [5.74, 6) is 0. The van der Waals surface area contributed by atoms with Crippen molar-refractivity contribution in [3.8, 4) is 0 Å². The van der Waals surface area contributed by atoms with Crippen LogP contribution >= 0.6 is 0 Å². The van der Waals surface area contributed by atoms with Crippen LogP contribution in [0, 0.1) is 0 Å². The van der Waals surface area contributed by atoms with E-state index < -0.39 is 0 Å². The second kappa shape index (κ2) is 11.2. The van der Waals surface area contributed by atoms with Gasteiger partial charge in [0.2, 0.25) is 0 Å². The highest BCUT2D eigenvalue weighted by Crippen LogP contribution is 2.27. The summed E-state index contributed by atoms with van der Waals surface area (Å²) in [4.78, 5) is 0. The molecule has 0 saturated heterocycles. The highest BCUT2D eigenvalue weighted by Gasteiger charge is 2.04. The zero-order valence-corrected chi connectivity index (χ0v) is 17.1. The fourth-order valence-corrected chi connectivity index (χ4v) is 2.95. The molecule has 0 spiro atoms. The van der Waals surface area contributed by atoms with Crippen molar-refractivity contribution < 1.29 is 0 Å². The van der Waals surface area contributed by atoms with Gasteiger partial charge in [0.15, 0.2) is 0 Å². The molecule has 0 aliphatic heterocycles. The van der Waals surface area contributed by atoms with E-state index in [1.54, 1.807) is 0 Å². The lowest BCUT2D eigenvalue weighted by Gasteiger charge is -2.09. The van der Waals surface area contributed by atoms with Crippen LogP contribution in [0.3, 0.4) is 0 Å². The molecule has 0 heterocycles. The fraction of sp³-hybridized carbons (Fsp3) is 0. The summed E-state index contributed by atoms with van der Waals surface area (Å²) < 4.78 is 0. The van der Waals surface area contributed by atoms with E-state index in [1.807, 2.05) is 72.8 Å². The molecule has 146 valence electrons. The molecular formula is C30H26. The summed E-state index contributed by atoms with van der Waals surface area (Å²) >= 11 is 0. The Balaban J connectivity index is 0.000000172. The van der Waals surface area contributed by atoms with Gasteiger partial charge in [-0.25, -0.2) is 0 Å². The molecule has 0 atom stereocenters. The van der Waals surface area contributed by atoms with Crippen molar-refractivity contribution in [3.63, 3.8) is 0 Å². The molecule has 0 bridgehead atoms. The van der Waals surface area contributed by atoms with Crippen molar-refractivity contribution in [1.29, 1.82) is 0 Å². The van der Waals surface area contributed by atoms with Crippen molar-refractivity contribution in [2.45, 2.75) is 0 Å². The van der Waals surface area contributed by atoms with Crippen LogP contribution < -0.4 is 0 Å². The summed E-state index contributed by atoms with van der Waals surface area (Å²) in [6.45, 7) is 8.20. The van der Waals surface area contributed by atoms with Gasteiger partial charge >= 0.3 is 0 Å². The molecule has 0 aromatic heterocycles. The van der Waals surface area contributed by atoms with Crippen molar-refractivity contribution in [3.05, 3.63) is 157 Å². The SMILES string of the molecule is C(=Cc1ccccc1)c1ccccc1.C=C(C(=C)c1ccccc1)c1ccccc1. The molecule has 0 fully saturated rings. The highest BCUT2D eigenvalue weighted by molar-refractivity contribution is 6.02. The molecule has 0 unspecified atom stereocenters. The van der Waals surface area contributed by atoms with Crippen LogP contribution in [0.15, 0.2) is 134 Å². The van der Waals surface area contributed by atoms with Crippen molar-refractivity contribution >= 4 is 23.3 Å². The van der Waals surface area contributed by atoms with Crippen LogP contribution in [0.25, 0.3) is 23.3 Å². The summed E-state index contributed by atoms with van der Waals surface area (Å²) in [6, 6.07) is 40.9. The monoisotopic (exact) mass is 386 g/mol. The third-order valence-corrected chi connectivity index (χ3v) is 4.68. The first-order valence-electron chi connectivity index (χ1n) is 10.0. The van der Waals surface area contributed by atoms with Crippen LogP contribution in [0.1, 0.15) is 22.3 Å². The van der Waals surface area contributed by atoms with Gasteiger partial charge in [-0.15, -0.1) is 0 Å². The molecule has 30 heavy (non-hydrogen) atoms. The van der Waals surface area contributed by atoms with E-state index in [0.717, 1.165) is 22.3 Å². The smallest absolute Gasteiger partial charge is 0.0183 e. The lowest BCUT2D eigenvalue weighted by Crippen LogP contribution is -1.86. The quantitative estimate of drug-likeness (QED) is 0.239. The minimum absolute atomic E-state index is 0.979. The maximum atomic E-state index is 4.10. The Morgan fingerprint density at radius 1 is 0.400 bits per heavy atom. The van der Waals surface area contributed by atoms with Crippen LogP contribution in [-0.4, -0.2) is 0 Å². The van der Waals surface area contributed by atoms with Crippen LogP contribution in [0.5, 0.6) is 0 Å². The second-order valence-corrected chi connectivity index (χ2v) is 6.84. The standard InChI is InChI=1S/C16H14.C14H12/c1-13(15-9-5-3-6-10-15)14(2)16-11-7-4-8-12-16;1-3-7-13(8-4-1)11-12-14-9-5-2-6-10-14/h3-12H,1-2H2;1-12H. The molecule has 0 heteroatoms. The Labute approximate surface area is 180 Å². The molecule has 4 aromatic carbocycles. The fourth-order valence-electron chi connectivity index (χ4n) is 2.95. The topological polar surface area (TPSA) is 0 Å². The van der Waals surface area contributed by atoms with E-state index in [9.17, 15) is 0 Å². The maximum absolute atomic E-state index is 4.10. The van der Waals surface area contributed by atoms with Gasteiger partial charge in [0.1, 0.15) is 0 Å². The van der Waals surface area contributed by atoms with Crippen molar-refractivity contribution in [2.75, 3.05) is 0 Å². The Morgan fingerprint density at radius 3 is 0.967 bits per heavy atom. The van der Waals surface area contributed by atoms with Crippen LogP contribution in [0.2, 0.25) is 0 Å². The van der Waals surface area contributed by atoms with E-state index in [4.69, 9.17) is 0 Å². The average Bonchev–Trinajstić information content (AvgIpc) is 2.84. The Hall–Kier alpha value is -3.90. The molecule has 0 aliphatic carbocycles. The molecular weight excluding hydrogens is 360 g/mol. The number of benzene rings is 4. The van der Waals surface area contributed by atoms with E-state index in [-0.39, 0.29) is 0 Å². The molecule has 0 N–H and O–H groups in total. The first kappa shape index (κ1) is 20.8. The molecule has 0 aliphatic rings. The van der Waals surface area contributed by atoms with E-state index in [1.165, 1.54) is 11.1 Å². The molecule has 0 nitrogen and oxygen atoms in total. The third kappa shape index (κ3) is 6.32. The molecule has 4 aromatic rings. The molecule has 0 amide bonds. The Bertz CT molecular complexity index is 983. The van der Waals surface area contributed by atoms with Gasteiger partial charge in [-0.2, -0.15) is 0 Å². The van der Waals surface area contributed by atoms with Crippen LogP contribution in [-0.2, 0) is 0 Å². The van der Waals surface area contributed by atoms with Gasteiger partial charge in [-0.3, -0.25) is 0 Å². The predicted molar refractivity (Wildman–Crippen MR) is 133 cm³/mol. The minimum atomic E-state index is 0.979. The first-order chi connectivity index (χ1) is 14.7.